The van der Waals surface area contributed by atoms with Gasteiger partial charge in [-0.2, -0.15) is 0 Å². The Morgan fingerprint density at radius 3 is 1.27 bits per heavy atom. The molecule has 0 unspecified atom stereocenters. The molecular weight excluding hydrogens is 1480 g/mol. The van der Waals surface area contributed by atoms with E-state index >= 15 is 0 Å². The fourth-order valence-corrected chi connectivity index (χ4v) is 9.85. The van der Waals surface area contributed by atoms with E-state index in [2.05, 4.69) is 52.8 Å². The van der Waals surface area contributed by atoms with E-state index < -0.39 is 184 Å². The van der Waals surface area contributed by atoms with Crippen molar-refractivity contribution in [3.8, 4) is 0 Å². The largest absolute Gasteiger partial charge is 0.445 e. The number of nitrogens with two attached hydrogens (primary N) is 1. The van der Waals surface area contributed by atoms with Crippen LogP contribution in [0.15, 0.2) is 30.5 Å². The number of aryl methyl sites for hydroxylation is 1. The molecule has 1 aromatic heterocycles. The van der Waals surface area contributed by atoms with Crippen LogP contribution < -0.4 is 48.3 Å². The van der Waals surface area contributed by atoms with Crippen molar-refractivity contribution in [2.75, 3.05) is 167 Å². The van der Waals surface area contributed by atoms with Crippen LogP contribution in [0.3, 0.4) is 0 Å². The Morgan fingerprint density at radius 2 is 0.858 bits per heavy atom. The molecule has 3 atom stereocenters. The number of nitrogens with one attached hydrogen (secondary N) is 8. The third-order valence-electron chi connectivity index (χ3n) is 17.2. The molecule has 0 fully saturated rings. The average molecular weight is 1600 g/mol. The van der Waals surface area contributed by atoms with Gasteiger partial charge >= 0.3 is 12.1 Å². The van der Waals surface area contributed by atoms with Crippen molar-refractivity contribution in [3.05, 3.63) is 41.7 Å². The van der Waals surface area contributed by atoms with Gasteiger partial charge in [-0.3, -0.25) is 81.5 Å². The molecule has 0 radical (unpaired) electrons. The summed E-state index contributed by atoms with van der Waals surface area (Å²) < 4.78 is 6.43. The lowest BCUT2D eigenvalue weighted by molar-refractivity contribution is -0.146. The number of nitrogens with zero attached hydrogens (tertiary/aromatic N) is 13. The first-order valence-corrected chi connectivity index (χ1v) is 36.4. The summed E-state index contributed by atoms with van der Waals surface area (Å²) in [5, 5.41) is 28.9. The number of carbonyl (C=O) groups is 19. The number of primary amides is 1. The highest BCUT2D eigenvalue weighted by molar-refractivity contribution is 5.99. The Bertz CT molecular complexity index is 3680. The number of likely N-dealkylation sites (N-methyl/N-ethyl adjacent to an activating group) is 10. The van der Waals surface area contributed by atoms with Crippen molar-refractivity contribution in [2.45, 2.75) is 112 Å². The maximum atomic E-state index is 13.8. The fraction of sp³-hybridized carbons (Fsp3) is 0.620. The van der Waals surface area contributed by atoms with Crippen LogP contribution in [-0.2, 0) is 106 Å². The first-order valence-electron chi connectivity index (χ1n) is 36.4. The van der Waals surface area contributed by atoms with Crippen LogP contribution in [0.4, 0.5) is 15.3 Å². The van der Waals surface area contributed by atoms with Crippen LogP contribution in [0, 0.1) is 17.8 Å². The van der Waals surface area contributed by atoms with Gasteiger partial charge in [0.2, 0.25) is 94.5 Å². The van der Waals surface area contributed by atoms with Crippen LogP contribution in [-0.4, -0.2) is 357 Å². The van der Waals surface area contributed by atoms with Crippen molar-refractivity contribution < 1.29 is 95.8 Å². The summed E-state index contributed by atoms with van der Waals surface area (Å²) in [5.74, 6) is -10.7. The number of Topliss-reactive ketones (excluding diaryl/α,β-unsaturated/α-hetero) is 1. The van der Waals surface area contributed by atoms with Gasteiger partial charge in [-0.15, -0.1) is 5.10 Å². The number of amides is 19. The molecule has 0 aliphatic rings. The highest BCUT2D eigenvalue weighted by Crippen LogP contribution is 2.14. The van der Waals surface area contributed by atoms with E-state index in [0.717, 1.165) is 49.0 Å². The quantitative estimate of drug-likeness (QED) is 0.0280. The van der Waals surface area contributed by atoms with Gasteiger partial charge in [0, 0.05) is 140 Å². The summed E-state index contributed by atoms with van der Waals surface area (Å²) >= 11 is 0. The number of urea groups is 1. The minimum absolute atomic E-state index is 0.0525. The minimum atomic E-state index is -1.15. The Hall–Kier alpha value is -11.9. The van der Waals surface area contributed by atoms with Crippen LogP contribution in [0.2, 0.25) is 0 Å². The second kappa shape index (κ2) is 48.7. The highest BCUT2D eigenvalue weighted by atomic mass is 16.5. The zero-order chi connectivity index (χ0) is 85.7. The third kappa shape index (κ3) is 37.1. The smallest absolute Gasteiger partial charge is 0.407 e. The maximum Gasteiger partial charge on any atom is 0.407 e. The zero-order valence-electron chi connectivity index (χ0n) is 67.8. The lowest BCUT2D eigenvalue weighted by Crippen LogP contribution is -2.55. The van der Waals surface area contributed by atoms with E-state index in [1.807, 2.05) is 0 Å². The Kier molecular flexibility index (Phi) is 41.9. The molecule has 1 aromatic carbocycles. The Labute approximate surface area is 657 Å². The summed E-state index contributed by atoms with van der Waals surface area (Å²) in [7, 11) is 13.1. The second-order valence-electron chi connectivity index (χ2n) is 28.3. The lowest BCUT2D eigenvalue weighted by atomic mass is 10.0. The number of ketones is 1. The first-order chi connectivity index (χ1) is 52.8. The van der Waals surface area contributed by atoms with E-state index in [1.165, 1.54) is 88.3 Å². The molecule has 1 heterocycles. The molecular formula is C71H114N22O20. The normalized spacial score (nSPS) is 11.6. The van der Waals surface area contributed by atoms with Gasteiger partial charge < -0.3 is 102 Å². The number of rotatable bonds is 47. The molecule has 2 rings (SSSR count). The molecule has 2 aromatic rings. The standard InChI is InChI=1S/C71H114N22O20/c1-44(2)65(69(110)79-51(19-18-27-75-70(72)111)68(109)78-49-22-20-48(21-23-49)43-113-71(112)76-30-29-74-67(108)46(5)6)80-54(96)33-93-31-50(81-82-93)24-25-52(94)73-28-26-55(97)84(9)34-57(99)86(11)36-59(101)88(13)38-61(103)90(15)40-63(105)92(17)42-64(106)91(16)41-62(104)89(14)39-60(102)87(12)37-58(100)85(10)35-56(98)83(8)32-53(95)77-47(7)66(107)45(3)4/h20-23,31,44-47,51,65H,18-19,24-30,32-43H2,1-17H3,(H,73,94)(H,74,108)(H,76,112)(H,77,95)(H,78,109)(H,79,110)(H,80,96)(H3,72,75,111)/t47-,51-,65-/m0/s1. The Balaban J connectivity index is 1.79. The topological polar surface area (TPSA) is 519 Å². The van der Waals surface area contributed by atoms with Gasteiger partial charge in [0.15, 0.2) is 5.78 Å². The molecule has 0 spiro atoms. The van der Waals surface area contributed by atoms with Crippen molar-refractivity contribution in [1.82, 2.24) is 101 Å². The van der Waals surface area contributed by atoms with Crippen LogP contribution >= 0.6 is 0 Å². The summed E-state index contributed by atoms with van der Waals surface area (Å²) in [6, 6.07) is 2.54. The maximum absolute atomic E-state index is 13.8. The number of hydrogen-bond acceptors (Lipinski definition) is 22. The van der Waals surface area contributed by atoms with E-state index in [0.29, 0.717) is 16.9 Å². The Morgan fingerprint density at radius 1 is 0.434 bits per heavy atom. The predicted molar refractivity (Wildman–Crippen MR) is 406 cm³/mol. The van der Waals surface area contributed by atoms with E-state index in [-0.39, 0.29) is 102 Å². The van der Waals surface area contributed by atoms with Crippen molar-refractivity contribution in [1.29, 1.82) is 0 Å². The first kappa shape index (κ1) is 97.2. The van der Waals surface area contributed by atoms with Gasteiger partial charge in [-0.05, 0) is 43.4 Å². The molecule has 19 amide bonds. The molecule has 0 saturated heterocycles. The summed E-state index contributed by atoms with van der Waals surface area (Å²) in [5.41, 5.74) is 6.48. The molecule has 42 nitrogen and oxygen atoms in total. The number of carbonyl (C=O) groups excluding carboxylic acids is 19. The molecule has 628 valence electrons. The number of hydrogen-bond donors (Lipinski definition) is 9. The fourth-order valence-electron chi connectivity index (χ4n) is 9.85. The summed E-state index contributed by atoms with van der Waals surface area (Å²) in [6.07, 6.45) is 0.801. The van der Waals surface area contributed by atoms with Crippen molar-refractivity contribution in [2.24, 2.45) is 23.5 Å². The number of aromatic nitrogens is 3. The van der Waals surface area contributed by atoms with Crippen LogP contribution in [0.25, 0.3) is 0 Å². The van der Waals surface area contributed by atoms with E-state index in [9.17, 15) is 91.1 Å². The highest BCUT2D eigenvalue weighted by Gasteiger charge is 2.32. The molecule has 0 bridgehead atoms. The van der Waals surface area contributed by atoms with Gasteiger partial charge in [0.25, 0.3) is 0 Å². The lowest BCUT2D eigenvalue weighted by Gasteiger charge is -2.27. The average Bonchev–Trinajstić information content (AvgIpc) is 1.20. The molecule has 0 saturated carbocycles. The number of alkyl carbamates (subject to hydrolysis) is 1. The van der Waals surface area contributed by atoms with E-state index in [4.69, 9.17) is 10.5 Å². The van der Waals surface area contributed by atoms with Crippen LogP contribution in [0.5, 0.6) is 0 Å². The summed E-state index contributed by atoms with van der Waals surface area (Å²) in [4.78, 5) is 254. The monoisotopic (exact) mass is 1590 g/mol. The number of anilines is 1. The molecule has 0 aliphatic heterocycles. The zero-order valence-corrected chi connectivity index (χ0v) is 67.8. The second-order valence-corrected chi connectivity index (χ2v) is 28.3. The van der Waals surface area contributed by atoms with Crippen molar-refractivity contribution in [3.63, 3.8) is 0 Å². The van der Waals surface area contributed by atoms with Gasteiger partial charge in [-0.1, -0.05) is 58.9 Å². The molecule has 42 heteroatoms. The van der Waals surface area contributed by atoms with Crippen molar-refractivity contribution >= 4 is 118 Å². The van der Waals surface area contributed by atoms with Gasteiger partial charge in [0.1, 0.15) is 25.2 Å². The van der Waals surface area contributed by atoms with E-state index in [1.54, 1.807) is 65.8 Å². The van der Waals surface area contributed by atoms with Gasteiger partial charge in [-0.25, -0.2) is 14.3 Å². The molecule has 113 heavy (non-hydrogen) atoms. The predicted octanol–water partition coefficient (Wildman–Crippen LogP) is -5.26. The summed E-state index contributed by atoms with van der Waals surface area (Å²) in [6.45, 7) is 6.93. The number of ether oxygens (including phenoxy) is 1. The van der Waals surface area contributed by atoms with Crippen LogP contribution in [0.1, 0.15) is 85.4 Å². The minimum Gasteiger partial charge on any atom is -0.445 e. The number of benzene rings is 1. The molecule has 10 N–H and O–H groups in total. The molecule has 0 aliphatic carbocycles. The third-order valence-corrected chi connectivity index (χ3v) is 17.2. The van der Waals surface area contributed by atoms with Gasteiger partial charge in [0.05, 0.1) is 77.2 Å². The SMILES string of the molecule is CC(C)C(=O)NCCNC(=O)OCc1ccc(NC(=O)[C@H](CCCNC(N)=O)NC(=O)[C@@H](NC(=O)Cn2cc(CCC(=O)NCCC(=O)N(C)CC(=O)N(C)CC(=O)N(C)CC(=O)N(C)CC(=O)N(C)CC(=O)N(C)CC(=O)N(C)CC(=O)N(C)CC(=O)N(C)CC(=O)N(C)CC(=O)N[C@@H](C)C(=O)C(C)C)nn2)C(C)C)cc1.